The number of halogens is 4. The molecule has 2 aliphatic heterocycles. The zero-order valence-corrected chi connectivity index (χ0v) is 15.4. The third-order valence-corrected chi connectivity index (χ3v) is 4.20. The van der Waals surface area contributed by atoms with Gasteiger partial charge in [-0.3, -0.25) is 4.99 Å². The van der Waals surface area contributed by atoms with Gasteiger partial charge in [0.15, 0.2) is 5.96 Å². The Morgan fingerprint density at radius 3 is 2.50 bits per heavy atom. The van der Waals surface area contributed by atoms with Crippen LogP contribution in [-0.4, -0.2) is 68.3 Å². The summed E-state index contributed by atoms with van der Waals surface area (Å²) >= 11 is 0. The molecule has 0 spiro atoms. The van der Waals surface area contributed by atoms with Crippen LogP contribution >= 0.6 is 24.0 Å². The lowest BCUT2D eigenvalue weighted by Gasteiger charge is -2.23. The van der Waals surface area contributed by atoms with E-state index < -0.39 is 12.6 Å². The van der Waals surface area contributed by atoms with E-state index in [9.17, 15) is 13.2 Å². The highest BCUT2D eigenvalue weighted by Crippen LogP contribution is 2.21. The normalized spacial score (nSPS) is 23.7. The summed E-state index contributed by atoms with van der Waals surface area (Å²) in [5.41, 5.74) is 0. The summed E-state index contributed by atoms with van der Waals surface area (Å²) in [6, 6.07) is 0. The minimum Gasteiger partial charge on any atom is -0.356 e. The van der Waals surface area contributed by atoms with Gasteiger partial charge in [-0.25, -0.2) is 0 Å². The van der Waals surface area contributed by atoms with Crippen molar-refractivity contribution in [2.24, 2.45) is 10.9 Å². The molecule has 0 bridgehead atoms. The van der Waals surface area contributed by atoms with Gasteiger partial charge in [-0.05, 0) is 38.3 Å². The van der Waals surface area contributed by atoms with Crippen LogP contribution in [0.1, 0.15) is 25.7 Å². The smallest absolute Gasteiger partial charge is 0.356 e. The monoisotopic (exact) mass is 434 g/mol. The number of hydrogen-bond acceptors (Lipinski definition) is 2. The third-order valence-electron chi connectivity index (χ3n) is 4.20. The van der Waals surface area contributed by atoms with Crippen LogP contribution in [0.4, 0.5) is 13.2 Å². The molecule has 2 fully saturated rings. The van der Waals surface area contributed by atoms with E-state index in [4.69, 9.17) is 0 Å². The molecule has 1 atom stereocenters. The van der Waals surface area contributed by atoms with Crippen LogP contribution in [0.25, 0.3) is 0 Å². The highest BCUT2D eigenvalue weighted by Gasteiger charge is 2.29. The Hall–Kier alpha value is -0.250. The van der Waals surface area contributed by atoms with Crippen molar-refractivity contribution in [2.45, 2.75) is 31.9 Å². The van der Waals surface area contributed by atoms with Crippen molar-refractivity contribution in [3.63, 3.8) is 0 Å². The number of alkyl halides is 3. The lowest BCUT2D eigenvalue weighted by atomic mass is 10.1. The summed E-state index contributed by atoms with van der Waals surface area (Å²) in [5, 5.41) is 2.82. The highest BCUT2D eigenvalue weighted by molar-refractivity contribution is 14.0. The molecule has 0 aromatic carbocycles. The average molecular weight is 434 g/mol. The van der Waals surface area contributed by atoms with E-state index in [0.717, 1.165) is 26.1 Å². The summed E-state index contributed by atoms with van der Waals surface area (Å²) < 4.78 is 36.5. The summed E-state index contributed by atoms with van der Waals surface area (Å²) in [6.45, 7) is 5.15. The SMILES string of the molecule is CN=C(NCCC(F)(F)F)N1CCC(CN2CCCC2)C1.I. The fourth-order valence-electron chi connectivity index (χ4n) is 3.15. The molecule has 2 rings (SSSR count). The van der Waals surface area contributed by atoms with E-state index in [1.165, 1.54) is 25.9 Å². The molecule has 0 saturated carbocycles. The number of nitrogens with zero attached hydrogens (tertiary/aromatic N) is 3. The lowest BCUT2D eigenvalue weighted by molar-refractivity contribution is -0.132. The molecule has 130 valence electrons. The number of nitrogens with one attached hydrogen (secondary N) is 1. The average Bonchev–Trinajstić information content (AvgIpc) is 3.06. The molecule has 0 radical (unpaired) electrons. The molecule has 4 nitrogen and oxygen atoms in total. The molecule has 2 saturated heterocycles. The first-order valence-electron chi connectivity index (χ1n) is 7.72. The van der Waals surface area contributed by atoms with Crippen LogP contribution in [0.3, 0.4) is 0 Å². The minimum atomic E-state index is -4.12. The largest absolute Gasteiger partial charge is 0.390 e. The molecule has 0 amide bonds. The molecule has 0 aliphatic carbocycles. The Balaban J connectivity index is 0.00000242. The van der Waals surface area contributed by atoms with Gasteiger partial charge in [0.2, 0.25) is 0 Å². The van der Waals surface area contributed by atoms with E-state index in [-0.39, 0.29) is 30.5 Å². The fourth-order valence-corrected chi connectivity index (χ4v) is 3.15. The van der Waals surface area contributed by atoms with Crippen molar-refractivity contribution in [3.8, 4) is 0 Å². The molecule has 1 unspecified atom stereocenters. The van der Waals surface area contributed by atoms with Crippen LogP contribution < -0.4 is 5.32 Å². The maximum Gasteiger partial charge on any atom is 0.390 e. The third kappa shape index (κ3) is 6.47. The van der Waals surface area contributed by atoms with Crippen molar-refractivity contribution in [1.29, 1.82) is 0 Å². The second-order valence-corrected chi connectivity index (χ2v) is 5.95. The standard InChI is InChI=1S/C14H25F3N4.HI/c1-18-13(19-6-5-14(15,16)17)21-9-4-12(11-21)10-20-7-2-3-8-20;/h12H,2-11H2,1H3,(H,18,19);1H. The lowest BCUT2D eigenvalue weighted by Crippen LogP contribution is -2.41. The topological polar surface area (TPSA) is 30.9 Å². The Labute approximate surface area is 147 Å². The highest BCUT2D eigenvalue weighted by atomic mass is 127. The molecule has 0 aromatic heterocycles. The van der Waals surface area contributed by atoms with Gasteiger partial charge < -0.3 is 15.1 Å². The van der Waals surface area contributed by atoms with E-state index in [0.29, 0.717) is 11.9 Å². The van der Waals surface area contributed by atoms with Crippen LogP contribution in [0.2, 0.25) is 0 Å². The van der Waals surface area contributed by atoms with Gasteiger partial charge in [-0.2, -0.15) is 13.2 Å². The Morgan fingerprint density at radius 2 is 1.91 bits per heavy atom. The van der Waals surface area contributed by atoms with Crippen LogP contribution in [0.15, 0.2) is 4.99 Å². The molecular weight excluding hydrogens is 408 g/mol. The van der Waals surface area contributed by atoms with Crippen molar-refractivity contribution in [2.75, 3.05) is 46.3 Å². The van der Waals surface area contributed by atoms with Crippen LogP contribution in [0, 0.1) is 5.92 Å². The van der Waals surface area contributed by atoms with E-state index in [1.54, 1.807) is 7.05 Å². The summed E-state index contributed by atoms with van der Waals surface area (Å²) in [6.07, 6.45) is -1.27. The Kier molecular flexibility index (Phi) is 8.23. The maximum atomic E-state index is 12.2. The van der Waals surface area contributed by atoms with Crippen LogP contribution in [-0.2, 0) is 0 Å². The second kappa shape index (κ2) is 9.14. The van der Waals surface area contributed by atoms with E-state index in [2.05, 4.69) is 20.1 Å². The first-order chi connectivity index (χ1) is 9.98. The molecule has 2 heterocycles. The van der Waals surface area contributed by atoms with Crippen molar-refractivity contribution in [1.82, 2.24) is 15.1 Å². The molecule has 1 N–H and O–H groups in total. The number of rotatable bonds is 4. The van der Waals surface area contributed by atoms with Crippen molar-refractivity contribution < 1.29 is 13.2 Å². The minimum absolute atomic E-state index is 0. The molecule has 8 heteroatoms. The molecular formula is C14H26F3IN4. The van der Waals surface area contributed by atoms with Crippen molar-refractivity contribution in [3.05, 3.63) is 0 Å². The number of guanidine groups is 1. The van der Waals surface area contributed by atoms with Crippen LogP contribution in [0.5, 0.6) is 0 Å². The first kappa shape index (κ1) is 19.8. The predicted molar refractivity (Wildman–Crippen MR) is 92.8 cm³/mol. The summed E-state index contributed by atoms with van der Waals surface area (Å²) in [5.74, 6) is 1.20. The first-order valence-corrected chi connectivity index (χ1v) is 7.72. The number of likely N-dealkylation sites (tertiary alicyclic amines) is 2. The van der Waals surface area contributed by atoms with Gasteiger partial charge in [0.25, 0.3) is 0 Å². The zero-order valence-electron chi connectivity index (χ0n) is 13.0. The van der Waals surface area contributed by atoms with Gasteiger partial charge in [0.05, 0.1) is 6.42 Å². The molecule has 0 aromatic rings. The van der Waals surface area contributed by atoms with Gasteiger partial charge >= 0.3 is 6.18 Å². The summed E-state index contributed by atoms with van der Waals surface area (Å²) in [7, 11) is 1.63. The molecule has 22 heavy (non-hydrogen) atoms. The number of aliphatic imine (C=N–C) groups is 1. The molecule has 2 aliphatic rings. The van der Waals surface area contributed by atoms with Gasteiger partial charge in [-0.1, -0.05) is 0 Å². The zero-order chi connectivity index (χ0) is 15.3. The fraction of sp³-hybridized carbons (Fsp3) is 0.929. The van der Waals surface area contributed by atoms with Gasteiger partial charge in [0, 0.05) is 33.2 Å². The Bertz CT molecular complexity index is 356. The van der Waals surface area contributed by atoms with E-state index >= 15 is 0 Å². The van der Waals surface area contributed by atoms with E-state index in [1.807, 2.05) is 0 Å². The maximum absolute atomic E-state index is 12.2. The van der Waals surface area contributed by atoms with Gasteiger partial charge in [-0.15, -0.1) is 24.0 Å². The van der Waals surface area contributed by atoms with Crippen molar-refractivity contribution >= 4 is 29.9 Å². The summed E-state index contributed by atoms with van der Waals surface area (Å²) in [4.78, 5) is 8.68. The quantitative estimate of drug-likeness (QED) is 0.419. The number of hydrogen-bond donors (Lipinski definition) is 1. The second-order valence-electron chi connectivity index (χ2n) is 5.95. The van der Waals surface area contributed by atoms with Gasteiger partial charge in [0.1, 0.15) is 0 Å². The Morgan fingerprint density at radius 1 is 1.23 bits per heavy atom. The predicted octanol–water partition coefficient (Wildman–Crippen LogP) is 2.55.